The second kappa shape index (κ2) is 8.10. The van der Waals surface area contributed by atoms with Gasteiger partial charge in [-0.2, -0.15) is 0 Å². The maximum Gasteiger partial charge on any atom is 0.335 e. The van der Waals surface area contributed by atoms with E-state index in [0.29, 0.717) is 18.7 Å². The second-order valence-corrected chi connectivity index (χ2v) is 6.38. The van der Waals surface area contributed by atoms with Crippen molar-refractivity contribution in [3.8, 4) is 0 Å². The topological polar surface area (TPSA) is 75.6 Å². The van der Waals surface area contributed by atoms with Crippen LogP contribution in [-0.4, -0.2) is 30.1 Å². The molecule has 1 saturated heterocycles. The number of carbonyl (C=O) groups is 2. The minimum atomic E-state index is -1.02. The molecule has 0 unspecified atom stereocenters. The normalized spacial score (nSPS) is 19.3. The number of ether oxygens (including phenoxy) is 1. The SMILES string of the molecule is O=C(Cc1cccc(C(=O)O)c1)NC[C@@H]1CCO[C@H]1c1ccc(F)cc1. The molecule has 2 N–H and O–H groups in total. The van der Waals surface area contributed by atoms with Gasteiger partial charge >= 0.3 is 5.97 Å². The van der Waals surface area contributed by atoms with E-state index in [9.17, 15) is 14.0 Å². The Morgan fingerprint density at radius 1 is 1.19 bits per heavy atom. The van der Waals surface area contributed by atoms with Crippen LogP contribution in [0.4, 0.5) is 4.39 Å². The van der Waals surface area contributed by atoms with Gasteiger partial charge in [-0.25, -0.2) is 9.18 Å². The molecule has 6 heteroatoms. The lowest BCUT2D eigenvalue weighted by molar-refractivity contribution is -0.120. The van der Waals surface area contributed by atoms with Crippen molar-refractivity contribution < 1.29 is 23.8 Å². The van der Waals surface area contributed by atoms with Gasteiger partial charge in [0.05, 0.1) is 18.1 Å². The van der Waals surface area contributed by atoms with Crippen LogP contribution < -0.4 is 5.32 Å². The van der Waals surface area contributed by atoms with Gasteiger partial charge in [-0.3, -0.25) is 4.79 Å². The van der Waals surface area contributed by atoms with Crippen LogP contribution in [0, 0.1) is 11.7 Å². The number of amides is 1. The van der Waals surface area contributed by atoms with Crippen molar-refractivity contribution in [3.63, 3.8) is 0 Å². The number of rotatable bonds is 6. The molecule has 1 aliphatic heterocycles. The molecule has 0 bridgehead atoms. The highest BCUT2D eigenvalue weighted by atomic mass is 19.1. The van der Waals surface area contributed by atoms with Crippen LogP contribution in [0.2, 0.25) is 0 Å². The summed E-state index contributed by atoms with van der Waals surface area (Å²) in [5.74, 6) is -1.36. The number of hydrogen-bond donors (Lipinski definition) is 2. The first kappa shape index (κ1) is 18.1. The highest BCUT2D eigenvalue weighted by Crippen LogP contribution is 2.34. The summed E-state index contributed by atoms with van der Waals surface area (Å²) in [5, 5.41) is 11.9. The smallest absolute Gasteiger partial charge is 0.335 e. The third kappa shape index (κ3) is 4.46. The number of benzene rings is 2. The van der Waals surface area contributed by atoms with Crippen molar-refractivity contribution in [3.05, 3.63) is 71.0 Å². The van der Waals surface area contributed by atoms with Gasteiger partial charge in [-0.15, -0.1) is 0 Å². The van der Waals surface area contributed by atoms with Gasteiger partial charge in [-0.05, 0) is 41.8 Å². The van der Waals surface area contributed by atoms with E-state index >= 15 is 0 Å². The lowest BCUT2D eigenvalue weighted by atomic mass is 9.95. The summed E-state index contributed by atoms with van der Waals surface area (Å²) >= 11 is 0. The molecule has 1 amide bonds. The zero-order chi connectivity index (χ0) is 18.5. The van der Waals surface area contributed by atoms with Gasteiger partial charge in [0.15, 0.2) is 0 Å². The Morgan fingerprint density at radius 2 is 1.96 bits per heavy atom. The van der Waals surface area contributed by atoms with Crippen molar-refractivity contribution in [2.75, 3.05) is 13.2 Å². The number of carbonyl (C=O) groups excluding carboxylic acids is 1. The van der Waals surface area contributed by atoms with E-state index in [0.717, 1.165) is 12.0 Å². The Balaban J connectivity index is 1.56. The van der Waals surface area contributed by atoms with E-state index in [2.05, 4.69) is 5.32 Å². The summed E-state index contributed by atoms with van der Waals surface area (Å²) in [7, 11) is 0. The molecule has 2 aromatic carbocycles. The molecule has 5 nitrogen and oxygen atoms in total. The van der Waals surface area contributed by atoms with Crippen LogP contribution in [0.1, 0.15) is 34.0 Å². The molecule has 1 heterocycles. The van der Waals surface area contributed by atoms with Crippen molar-refractivity contribution >= 4 is 11.9 Å². The third-order valence-electron chi connectivity index (χ3n) is 4.51. The van der Waals surface area contributed by atoms with Gasteiger partial charge < -0.3 is 15.2 Å². The first-order valence-corrected chi connectivity index (χ1v) is 8.49. The molecule has 1 fully saturated rings. The lowest BCUT2D eigenvalue weighted by Crippen LogP contribution is -2.31. The molecule has 0 aliphatic carbocycles. The monoisotopic (exact) mass is 357 g/mol. The molecule has 136 valence electrons. The van der Waals surface area contributed by atoms with Gasteiger partial charge in [0, 0.05) is 19.1 Å². The minimum Gasteiger partial charge on any atom is -0.478 e. The molecule has 0 aromatic heterocycles. The van der Waals surface area contributed by atoms with Crippen molar-refractivity contribution in [1.29, 1.82) is 0 Å². The van der Waals surface area contributed by atoms with Crippen molar-refractivity contribution in [1.82, 2.24) is 5.32 Å². The van der Waals surface area contributed by atoms with Gasteiger partial charge in [0.1, 0.15) is 5.82 Å². The van der Waals surface area contributed by atoms with E-state index in [1.54, 1.807) is 24.3 Å². The van der Waals surface area contributed by atoms with Crippen LogP contribution in [0.25, 0.3) is 0 Å². The number of carboxylic acids is 1. The fourth-order valence-electron chi connectivity index (χ4n) is 3.17. The Labute approximate surface area is 150 Å². The largest absolute Gasteiger partial charge is 0.478 e. The van der Waals surface area contributed by atoms with Gasteiger partial charge in [0.2, 0.25) is 5.91 Å². The molecule has 1 aliphatic rings. The predicted molar refractivity (Wildman–Crippen MR) is 93.3 cm³/mol. The molecular formula is C20H20FNO4. The van der Waals surface area contributed by atoms with Gasteiger partial charge in [0.25, 0.3) is 0 Å². The maximum atomic E-state index is 13.1. The quantitative estimate of drug-likeness (QED) is 0.833. The minimum absolute atomic E-state index is 0.120. The molecule has 2 aromatic rings. The summed E-state index contributed by atoms with van der Waals surface area (Å²) in [5.41, 5.74) is 1.72. The van der Waals surface area contributed by atoms with Crippen molar-refractivity contribution in [2.24, 2.45) is 5.92 Å². The molecule has 0 radical (unpaired) electrons. The lowest BCUT2D eigenvalue weighted by Gasteiger charge is -2.19. The maximum absolute atomic E-state index is 13.1. The van der Waals surface area contributed by atoms with Crippen LogP contribution in [0.3, 0.4) is 0 Å². The molecule has 26 heavy (non-hydrogen) atoms. The van der Waals surface area contributed by atoms with E-state index in [-0.39, 0.29) is 35.7 Å². The summed E-state index contributed by atoms with van der Waals surface area (Å²) in [6.07, 6.45) is 0.776. The molecular weight excluding hydrogens is 337 g/mol. The number of nitrogens with one attached hydrogen (secondary N) is 1. The number of halogens is 1. The average molecular weight is 357 g/mol. The average Bonchev–Trinajstić information content (AvgIpc) is 3.09. The van der Waals surface area contributed by atoms with Gasteiger partial charge in [-0.1, -0.05) is 24.3 Å². The van der Waals surface area contributed by atoms with E-state index in [1.165, 1.54) is 24.3 Å². The predicted octanol–water partition coefficient (Wildman–Crippen LogP) is 2.96. The molecule has 3 rings (SSSR count). The van der Waals surface area contributed by atoms with E-state index in [1.807, 2.05) is 0 Å². The van der Waals surface area contributed by atoms with E-state index in [4.69, 9.17) is 9.84 Å². The summed E-state index contributed by atoms with van der Waals surface area (Å²) < 4.78 is 18.8. The first-order valence-electron chi connectivity index (χ1n) is 8.49. The summed E-state index contributed by atoms with van der Waals surface area (Å²) in [6, 6.07) is 12.6. The Morgan fingerprint density at radius 3 is 2.69 bits per heavy atom. The highest BCUT2D eigenvalue weighted by molar-refractivity contribution is 5.88. The highest BCUT2D eigenvalue weighted by Gasteiger charge is 2.29. The second-order valence-electron chi connectivity index (χ2n) is 6.38. The third-order valence-corrected chi connectivity index (χ3v) is 4.51. The standard InChI is InChI=1S/C20H20FNO4/c21-17-6-4-14(5-7-17)19-16(8-9-26-19)12-22-18(23)11-13-2-1-3-15(10-13)20(24)25/h1-7,10,16,19H,8-9,11-12H2,(H,22,23)(H,24,25)/t16-,19-/m0/s1. The van der Waals surface area contributed by atoms with Crippen LogP contribution >= 0.6 is 0 Å². The molecule has 0 spiro atoms. The number of carboxylic acid groups (broad SMARTS) is 1. The first-order chi connectivity index (χ1) is 12.5. The summed E-state index contributed by atoms with van der Waals surface area (Å²) in [4.78, 5) is 23.2. The fraction of sp³-hybridized carbons (Fsp3) is 0.300. The van der Waals surface area contributed by atoms with Crippen molar-refractivity contribution in [2.45, 2.75) is 18.9 Å². The number of aromatic carboxylic acids is 1. The zero-order valence-electron chi connectivity index (χ0n) is 14.2. The summed E-state index contributed by atoms with van der Waals surface area (Å²) in [6.45, 7) is 1.06. The Bertz CT molecular complexity index is 791. The van der Waals surface area contributed by atoms with Crippen LogP contribution in [0.5, 0.6) is 0 Å². The number of hydrogen-bond acceptors (Lipinski definition) is 3. The van der Waals surface area contributed by atoms with Crippen LogP contribution in [-0.2, 0) is 16.0 Å². The van der Waals surface area contributed by atoms with Crippen LogP contribution in [0.15, 0.2) is 48.5 Å². The van der Waals surface area contributed by atoms with E-state index < -0.39 is 5.97 Å². The fourth-order valence-corrected chi connectivity index (χ4v) is 3.17. The zero-order valence-corrected chi connectivity index (χ0v) is 14.2. The molecule has 2 atom stereocenters. The Hall–Kier alpha value is -2.73. The Kier molecular flexibility index (Phi) is 5.63. The molecule has 0 saturated carbocycles.